The maximum atomic E-state index is 11.1. The van der Waals surface area contributed by atoms with Crippen molar-refractivity contribution >= 4 is 23.2 Å². The molecule has 1 aliphatic heterocycles. The first-order valence-electron chi connectivity index (χ1n) is 4.41. The van der Waals surface area contributed by atoms with Crippen LogP contribution in [0.4, 0.5) is 0 Å². The lowest BCUT2D eigenvalue weighted by molar-refractivity contribution is -0.128. The van der Waals surface area contributed by atoms with Gasteiger partial charge in [-0.1, -0.05) is 0 Å². The van der Waals surface area contributed by atoms with Crippen LogP contribution in [0.2, 0.25) is 0 Å². The second-order valence-corrected chi connectivity index (χ2v) is 3.60. The second-order valence-electron chi connectivity index (χ2n) is 3.18. The smallest absolute Gasteiger partial charge is 0.219 e. The van der Waals surface area contributed by atoms with E-state index in [2.05, 4.69) is 0 Å². The number of thiocarbonyl (C=S) groups is 1. The molecule has 0 unspecified atom stereocenters. The van der Waals surface area contributed by atoms with Crippen molar-refractivity contribution in [1.82, 2.24) is 9.80 Å². The molecule has 1 fully saturated rings. The number of rotatable bonds is 0. The Labute approximate surface area is 83.7 Å². The molecule has 0 spiro atoms. The quantitative estimate of drug-likeness (QED) is 0.551. The number of carbonyl (C=O) groups excluding carboxylic acids is 1. The summed E-state index contributed by atoms with van der Waals surface area (Å²) in [4.78, 5) is 14.8. The van der Waals surface area contributed by atoms with Gasteiger partial charge in [0.1, 0.15) is 0 Å². The number of nitrogens with zero attached hydrogens (tertiary/aromatic N) is 2. The van der Waals surface area contributed by atoms with Gasteiger partial charge in [0.25, 0.3) is 0 Å². The summed E-state index contributed by atoms with van der Waals surface area (Å²) in [6.07, 6.45) is 0.941. The summed E-state index contributed by atoms with van der Waals surface area (Å²) in [5.74, 6) is 0.129. The van der Waals surface area contributed by atoms with Crippen LogP contribution in [0.3, 0.4) is 0 Å². The summed E-state index contributed by atoms with van der Waals surface area (Å²) in [5, 5.41) is 0.436. The first kappa shape index (κ1) is 10.2. The zero-order valence-electron chi connectivity index (χ0n) is 7.82. The lowest BCUT2D eigenvalue weighted by Gasteiger charge is -2.20. The molecule has 4 nitrogen and oxygen atoms in total. The number of amides is 1. The third-order valence-corrected chi connectivity index (χ3v) is 2.51. The van der Waals surface area contributed by atoms with Crippen molar-refractivity contribution in [2.45, 2.75) is 13.3 Å². The molecule has 0 saturated carbocycles. The van der Waals surface area contributed by atoms with Crippen LogP contribution < -0.4 is 5.73 Å². The molecule has 1 amide bonds. The van der Waals surface area contributed by atoms with E-state index in [-0.39, 0.29) is 5.91 Å². The fraction of sp³-hybridized carbons (Fsp3) is 0.750. The van der Waals surface area contributed by atoms with Gasteiger partial charge in [-0.3, -0.25) is 4.79 Å². The number of carbonyl (C=O) groups is 1. The van der Waals surface area contributed by atoms with Gasteiger partial charge in [-0.25, -0.2) is 0 Å². The first-order valence-corrected chi connectivity index (χ1v) is 4.82. The molecule has 74 valence electrons. The van der Waals surface area contributed by atoms with Crippen molar-refractivity contribution in [3.05, 3.63) is 0 Å². The van der Waals surface area contributed by atoms with Crippen LogP contribution in [0.25, 0.3) is 0 Å². The minimum atomic E-state index is 0.129. The molecule has 2 N–H and O–H groups in total. The van der Waals surface area contributed by atoms with Crippen molar-refractivity contribution in [3.63, 3.8) is 0 Å². The standard InChI is InChI=1S/C8H15N3OS/c1-7(12)10-3-2-4-11(6-5-10)8(9)13/h2-6H2,1H3,(H2,9,13). The zero-order chi connectivity index (χ0) is 9.84. The normalized spacial score (nSPS) is 18.2. The van der Waals surface area contributed by atoms with Crippen LogP contribution >= 0.6 is 12.2 Å². The number of hydrogen-bond donors (Lipinski definition) is 1. The van der Waals surface area contributed by atoms with Crippen LogP contribution in [0.5, 0.6) is 0 Å². The summed E-state index contributed by atoms with van der Waals surface area (Å²) in [6.45, 7) is 4.76. The summed E-state index contributed by atoms with van der Waals surface area (Å²) in [7, 11) is 0. The summed E-state index contributed by atoms with van der Waals surface area (Å²) in [5.41, 5.74) is 5.51. The first-order chi connectivity index (χ1) is 6.11. The van der Waals surface area contributed by atoms with E-state index in [0.29, 0.717) is 5.11 Å². The average Bonchev–Trinajstić information content (AvgIpc) is 2.27. The largest absolute Gasteiger partial charge is 0.376 e. The zero-order valence-corrected chi connectivity index (χ0v) is 8.64. The second kappa shape index (κ2) is 4.41. The predicted molar refractivity (Wildman–Crippen MR) is 55.2 cm³/mol. The Morgan fingerprint density at radius 2 is 1.77 bits per heavy atom. The Morgan fingerprint density at radius 1 is 1.23 bits per heavy atom. The molecular weight excluding hydrogens is 186 g/mol. The molecule has 0 bridgehead atoms. The van der Waals surface area contributed by atoms with E-state index in [1.54, 1.807) is 6.92 Å². The van der Waals surface area contributed by atoms with Crippen LogP contribution in [0, 0.1) is 0 Å². The molecule has 5 heteroatoms. The molecule has 0 aromatic rings. The van der Waals surface area contributed by atoms with Gasteiger partial charge in [-0.15, -0.1) is 0 Å². The molecule has 0 aliphatic carbocycles. The van der Waals surface area contributed by atoms with E-state index in [1.807, 2.05) is 9.80 Å². The van der Waals surface area contributed by atoms with E-state index in [9.17, 15) is 4.79 Å². The molecule has 1 aliphatic rings. The fourth-order valence-electron chi connectivity index (χ4n) is 1.45. The van der Waals surface area contributed by atoms with Crippen LogP contribution in [-0.4, -0.2) is 47.0 Å². The molecule has 0 aromatic carbocycles. The summed E-state index contributed by atoms with van der Waals surface area (Å²) < 4.78 is 0. The Balaban J connectivity index is 2.48. The van der Waals surface area contributed by atoms with Crippen molar-refractivity contribution in [2.24, 2.45) is 5.73 Å². The van der Waals surface area contributed by atoms with E-state index < -0.39 is 0 Å². The van der Waals surface area contributed by atoms with E-state index in [4.69, 9.17) is 18.0 Å². The van der Waals surface area contributed by atoms with Crippen molar-refractivity contribution in [3.8, 4) is 0 Å². The van der Waals surface area contributed by atoms with E-state index in [1.165, 1.54) is 0 Å². The van der Waals surface area contributed by atoms with Gasteiger partial charge in [0, 0.05) is 33.1 Å². The SMILES string of the molecule is CC(=O)N1CCCN(C(N)=S)CC1. The maximum Gasteiger partial charge on any atom is 0.219 e. The van der Waals surface area contributed by atoms with E-state index in [0.717, 1.165) is 32.6 Å². The van der Waals surface area contributed by atoms with Crippen LogP contribution in [0.1, 0.15) is 13.3 Å². The lowest BCUT2D eigenvalue weighted by Crippen LogP contribution is -2.39. The minimum absolute atomic E-state index is 0.129. The number of hydrogen-bond acceptors (Lipinski definition) is 2. The third kappa shape index (κ3) is 2.84. The van der Waals surface area contributed by atoms with Crippen LogP contribution in [0.15, 0.2) is 0 Å². The number of nitrogens with two attached hydrogens (primary N) is 1. The van der Waals surface area contributed by atoms with Gasteiger partial charge >= 0.3 is 0 Å². The fourth-order valence-corrected chi connectivity index (χ4v) is 1.64. The Kier molecular flexibility index (Phi) is 3.48. The monoisotopic (exact) mass is 201 g/mol. The van der Waals surface area contributed by atoms with Crippen molar-refractivity contribution < 1.29 is 4.79 Å². The summed E-state index contributed by atoms with van der Waals surface area (Å²) >= 11 is 4.88. The average molecular weight is 201 g/mol. The Morgan fingerprint density at radius 3 is 2.31 bits per heavy atom. The third-order valence-electron chi connectivity index (χ3n) is 2.25. The van der Waals surface area contributed by atoms with Crippen molar-refractivity contribution in [1.29, 1.82) is 0 Å². The molecular formula is C8H15N3OS. The van der Waals surface area contributed by atoms with E-state index >= 15 is 0 Å². The predicted octanol–water partition coefficient (Wildman–Crippen LogP) is -0.216. The summed E-state index contributed by atoms with van der Waals surface area (Å²) in [6, 6.07) is 0. The van der Waals surface area contributed by atoms with Gasteiger partial charge < -0.3 is 15.5 Å². The van der Waals surface area contributed by atoms with Gasteiger partial charge in [0.2, 0.25) is 5.91 Å². The molecule has 1 heterocycles. The van der Waals surface area contributed by atoms with Crippen molar-refractivity contribution in [2.75, 3.05) is 26.2 Å². The highest BCUT2D eigenvalue weighted by atomic mass is 32.1. The van der Waals surface area contributed by atoms with Gasteiger partial charge in [-0.2, -0.15) is 0 Å². The lowest BCUT2D eigenvalue weighted by atomic mass is 10.4. The van der Waals surface area contributed by atoms with Gasteiger partial charge in [0.05, 0.1) is 0 Å². The minimum Gasteiger partial charge on any atom is -0.376 e. The molecule has 1 saturated heterocycles. The molecule has 13 heavy (non-hydrogen) atoms. The Hall–Kier alpha value is -0.840. The molecule has 1 rings (SSSR count). The Bertz CT molecular complexity index is 197. The highest BCUT2D eigenvalue weighted by Crippen LogP contribution is 2.02. The molecule has 0 radical (unpaired) electrons. The molecule has 0 aromatic heterocycles. The van der Waals surface area contributed by atoms with Crippen LogP contribution in [-0.2, 0) is 4.79 Å². The highest BCUT2D eigenvalue weighted by molar-refractivity contribution is 7.80. The van der Waals surface area contributed by atoms with Gasteiger partial charge in [-0.05, 0) is 18.6 Å². The van der Waals surface area contributed by atoms with Gasteiger partial charge in [0.15, 0.2) is 5.11 Å². The maximum absolute atomic E-state index is 11.1. The highest BCUT2D eigenvalue weighted by Gasteiger charge is 2.16. The molecule has 0 atom stereocenters. The topological polar surface area (TPSA) is 49.6 Å².